The standard InChI is InChI=1S/C16H25N/c1-13(2)15(4)6-5-11-17-12-16-9-7-14(3)8-10-16/h7,9,11,13H,4-6,8,10,12H2,1-3H3. The Morgan fingerprint density at radius 3 is 2.76 bits per heavy atom. The lowest BCUT2D eigenvalue weighted by atomic mass is 9.99. The van der Waals surface area contributed by atoms with Gasteiger partial charge >= 0.3 is 0 Å². The first-order chi connectivity index (χ1) is 8.09. The molecule has 0 bridgehead atoms. The van der Waals surface area contributed by atoms with Gasteiger partial charge in [-0.1, -0.05) is 43.7 Å². The number of aliphatic imine (C=N–C) groups is 1. The summed E-state index contributed by atoms with van der Waals surface area (Å²) in [6.45, 7) is 11.5. The topological polar surface area (TPSA) is 12.4 Å². The zero-order valence-corrected chi connectivity index (χ0v) is 11.5. The van der Waals surface area contributed by atoms with E-state index < -0.39 is 0 Å². The largest absolute Gasteiger partial charge is 0.293 e. The van der Waals surface area contributed by atoms with Crippen molar-refractivity contribution in [1.29, 1.82) is 0 Å². The molecule has 0 N–H and O–H groups in total. The van der Waals surface area contributed by atoms with Crippen molar-refractivity contribution < 1.29 is 0 Å². The highest BCUT2D eigenvalue weighted by atomic mass is 14.7. The van der Waals surface area contributed by atoms with Crippen LogP contribution >= 0.6 is 0 Å². The average molecular weight is 231 g/mol. The fourth-order valence-electron chi connectivity index (χ4n) is 1.73. The summed E-state index contributed by atoms with van der Waals surface area (Å²) in [5.74, 6) is 0.595. The molecule has 0 saturated carbocycles. The van der Waals surface area contributed by atoms with Gasteiger partial charge in [-0.15, -0.1) is 0 Å². The minimum atomic E-state index is 0.595. The van der Waals surface area contributed by atoms with Gasteiger partial charge in [0.05, 0.1) is 6.54 Å². The molecule has 94 valence electrons. The minimum Gasteiger partial charge on any atom is -0.293 e. The second-order valence-corrected chi connectivity index (χ2v) is 5.21. The summed E-state index contributed by atoms with van der Waals surface area (Å²) in [5.41, 5.74) is 4.26. The predicted octanol–water partition coefficient (Wildman–Crippen LogP) is 4.72. The normalized spacial score (nSPS) is 16.2. The number of hydrogen-bond donors (Lipinski definition) is 0. The number of nitrogens with zero attached hydrogens (tertiary/aromatic N) is 1. The van der Waals surface area contributed by atoms with Crippen LogP contribution in [0.2, 0.25) is 0 Å². The van der Waals surface area contributed by atoms with Gasteiger partial charge in [0.1, 0.15) is 0 Å². The lowest BCUT2D eigenvalue weighted by molar-refractivity contribution is 0.726. The first-order valence-electron chi connectivity index (χ1n) is 6.60. The van der Waals surface area contributed by atoms with E-state index in [1.165, 1.54) is 29.6 Å². The van der Waals surface area contributed by atoms with E-state index >= 15 is 0 Å². The Hall–Kier alpha value is -1.11. The first kappa shape index (κ1) is 14.0. The highest BCUT2D eigenvalue weighted by molar-refractivity contribution is 5.58. The summed E-state index contributed by atoms with van der Waals surface area (Å²) in [4.78, 5) is 4.49. The second-order valence-electron chi connectivity index (χ2n) is 5.21. The number of rotatable bonds is 6. The third kappa shape index (κ3) is 5.67. The summed E-state index contributed by atoms with van der Waals surface area (Å²) in [6, 6.07) is 0. The van der Waals surface area contributed by atoms with E-state index in [-0.39, 0.29) is 0 Å². The molecule has 17 heavy (non-hydrogen) atoms. The molecule has 0 amide bonds. The molecular formula is C16H25N. The molecule has 0 saturated heterocycles. The molecule has 1 aliphatic rings. The summed E-state index contributed by atoms with van der Waals surface area (Å²) < 4.78 is 0. The molecule has 0 aromatic heterocycles. The predicted molar refractivity (Wildman–Crippen MR) is 77.6 cm³/mol. The van der Waals surface area contributed by atoms with E-state index in [2.05, 4.69) is 50.7 Å². The Labute approximate surface area is 106 Å². The monoisotopic (exact) mass is 231 g/mol. The Morgan fingerprint density at radius 2 is 2.18 bits per heavy atom. The van der Waals surface area contributed by atoms with Crippen LogP contribution in [-0.4, -0.2) is 12.8 Å². The lowest BCUT2D eigenvalue weighted by Crippen LogP contribution is -1.96. The van der Waals surface area contributed by atoms with Crippen LogP contribution in [0.15, 0.2) is 40.4 Å². The number of allylic oxidation sites excluding steroid dienone is 4. The molecule has 0 fully saturated rings. The van der Waals surface area contributed by atoms with E-state index in [1.807, 2.05) is 0 Å². The smallest absolute Gasteiger partial charge is 0.0598 e. The summed E-state index contributed by atoms with van der Waals surface area (Å²) in [7, 11) is 0. The molecule has 0 aromatic rings. The van der Waals surface area contributed by atoms with E-state index in [9.17, 15) is 0 Å². The van der Waals surface area contributed by atoms with Crippen LogP contribution in [-0.2, 0) is 0 Å². The zero-order chi connectivity index (χ0) is 12.7. The van der Waals surface area contributed by atoms with Crippen molar-refractivity contribution in [3.8, 4) is 0 Å². The maximum Gasteiger partial charge on any atom is 0.0598 e. The minimum absolute atomic E-state index is 0.595. The second kappa shape index (κ2) is 7.26. The summed E-state index contributed by atoms with van der Waals surface area (Å²) >= 11 is 0. The van der Waals surface area contributed by atoms with Crippen LogP contribution in [0.25, 0.3) is 0 Å². The molecule has 0 aliphatic heterocycles. The molecule has 1 aliphatic carbocycles. The maximum absolute atomic E-state index is 4.49. The van der Waals surface area contributed by atoms with Crippen LogP contribution in [0.1, 0.15) is 46.5 Å². The average Bonchev–Trinajstić information content (AvgIpc) is 2.30. The fourth-order valence-corrected chi connectivity index (χ4v) is 1.73. The van der Waals surface area contributed by atoms with Gasteiger partial charge in [0.15, 0.2) is 0 Å². The molecule has 0 aromatic carbocycles. The van der Waals surface area contributed by atoms with Crippen molar-refractivity contribution in [2.24, 2.45) is 10.9 Å². The van der Waals surface area contributed by atoms with Crippen molar-refractivity contribution in [2.75, 3.05) is 6.54 Å². The molecule has 1 heteroatoms. The van der Waals surface area contributed by atoms with Crippen LogP contribution < -0.4 is 0 Å². The third-order valence-corrected chi connectivity index (χ3v) is 3.28. The van der Waals surface area contributed by atoms with Crippen molar-refractivity contribution in [2.45, 2.75) is 46.5 Å². The Bertz CT molecular complexity index is 343. The van der Waals surface area contributed by atoms with Crippen molar-refractivity contribution in [1.82, 2.24) is 0 Å². The number of hydrogen-bond acceptors (Lipinski definition) is 1. The molecule has 0 atom stereocenters. The Morgan fingerprint density at radius 1 is 1.41 bits per heavy atom. The molecule has 0 spiro atoms. The molecule has 1 rings (SSSR count). The lowest BCUT2D eigenvalue weighted by Gasteiger charge is -2.09. The van der Waals surface area contributed by atoms with Crippen LogP contribution in [0.4, 0.5) is 0 Å². The van der Waals surface area contributed by atoms with Crippen LogP contribution in [0, 0.1) is 5.92 Å². The molecule has 0 heterocycles. The van der Waals surface area contributed by atoms with Crippen LogP contribution in [0.5, 0.6) is 0 Å². The molecule has 0 radical (unpaired) electrons. The van der Waals surface area contributed by atoms with Crippen molar-refractivity contribution in [3.05, 3.63) is 35.5 Å². The maximum atomic E-state index is 4.49. The SMILES string of the molecule is C=C(CCC=NCC1=CC=C(C)CC1)C(C)C. The van der Waals surface area contributed by atoms with Gasteiger partial charge in [-0.2, -0.15) is 0 Å². The summed E-state index contributed by atoms with van der Waals surface area (Å²) in [5, 5.41) is 0. The van der Waals surface area contributed by atoms with Gasteiger partial charge in [-0.3, -0.25) is 4.99 Å². The van der Waals surface area contributed by atoms with Gasteiger partial charge < -0.3 is 0 Å². The van der Waals surface area contributed by atoms with Crippen LogP contribution in [0.3, 0.4) is 0 Å². The van der Waals surface area contributed by atoms with E-state index in [4.69, 9.17) is 0 Å². The Balaban J connectivity index is 2.21. The quantitative estimate of drug-likeness (QED) is 0.463. The molecule has 1 nitrogen and oxygen atoms in total. The van der Waals surface area contributed by atoms with E-state index in [0.29, 0.717) is 5.92 Å². The van der Waals surface area contributed by atoms with Gasteiger partial charge in [0, 0.05) is 0 Å². The first-order valence-corrected chi connectivity index (χ1v) is 6.60. The molecule has 0 unspecified atom stereocenters. The van der Waals surface area contributed by atoms with Gasteiger partial charge in [-0.25, -0.2) is 0 Å². The van der Waals surface area contributed by atoms with Gasteiger partial charge in [0.25, 0.3) is 0 Å². The van der Waals surface area contributed by atoms with E-state index in [0.717, 1.165) is 19.4 Å². The van der Waals surface area contributed by atoms with E-state index in [1.54, 1.807) is 0 Å². The Kier molecular flexibility index (Phi) is 5.96. The zero-order valence-electron chi connectivity index (χ0n) is 11.5. The highest BCUT2D eigenvalue weighted by Crippen LogP contribution is 2.17. The van der Waals surface area contributed by atoms with Crippen molar-refractivity contribution in [3.63, 3.8) is 0 Å². The van der Waals surface area contributed by atoms with Crippen molar-refractivity contribution >= 4 is 6.21 Å². The third-order valence-electron chi connectivity index (χ3n) is 3.28. The fraction of sp³-hybridized carbons (Fsp3) is 0.562. The highest BCUT2D eigenvalue weighted by Gasteiger charge is 2.01. The summed E-state index contributed by atoms with van der Waals surface area (Å²) in [6.07, 6.45) is 11.0. The van der Waals surface area contributed by atoms with Gasteiger partial charge in [0.2, 0.25) is 0 Å². The molecular weight excluding hydrogens is 206 g/mol. The van der Waals surface area contributed by atoms with Gasteiger partial charge in [-0.05, 0) is 50.3 Å².